The van der Waals surface area contributed by atoms with Gasteiger partial charge in [-0.15, -0.1) is 0 Å². The van der Waals surface area contributed by atoms with E-state index in [0.29, 0.717) is 18.8 Å². The zero-order valence-electron chi connectivity index (χ0n) is 13.4. The van der Waals surface area contributed by atoms with Crippen LogP contribution in [0.1, 0.15) is 19.3 Å². The Labute approximate surface area is 136 Å². The second-order valence-electron chi connectivity index (χ2n) is 5.31. The van der Waals surface area contributed by atoms with Crippen LogP contribution in [0.25, 0.3) is 0 Å². The standard InChI is InChI=1S/C15H22N2O5S/c1-21-11-15(18)16-12-6-7-13(22-2)14(10-12)23(19,20)17-8-4-3-5-9-17/h6-7,10H,3-5,8-9,11H2,1-2H3,(H,16,18). The minimum atomic E-state index is -3.65. The van der Waals surface area contributed by atoms with E-state index < -0.39 is 10.0 Å². The van der Waals surface area contributed by atoms with Gasteiger partial charge in [-0.3, -0.25) is 4.79 Å². The fourth-order valence-corrected chi connectivity index (χ4v) is 4.23. The molecule has 1 N–H and O–H groups in total. The Kier molecular flexibility index (Phi) is 5.97. The van der Waals surface area contributed by atoms with Crippen LogP contribution in [0.15, 0.2) is 23.1 Å². The normalized spacial score (nSPS) is 16.1. The predicted molar refractivity (Wildman–Crippen MR) is 86.1 cm³/mol. The molecular formula is C15H22N2O5S. The van der Waals surface area contributed by atoms with Gasteiger partial charge >= 0.3 is 0 Å². The van der Waals surface area contributed by atoms with Crippen LogP contribution < -0.4 is 10.1 Å². The van der Waals surface area contributed by atoms with Crippen molar-refractivity contribution in [3.8, 4) is 5.75 Å². The highest BCUT2D eigenvalue weighted by atomic mass is 32.2. The van der Waals surface area contributed by atoms with Crippen molar-refractivity contribution in [2.75, 3.05) is 39.2 Å². The highest BCUT2D eigenvalue weighted by Crippen LogP contribution is 2.31. The van der Waals surface area contributed by atoms with E-state index in [2.05, 4.69) is 5.32 Å². The van der Waals surface area contributed by atoms with Crippen molar-refractivity contribution in [3.05, 3.63) is 18.2 Å². The quantitative estimate of drug-likeness (QED) is 0.846. The molecule has 2 rings (SSSR count). The van der Waals surface area contributed by atoms with Gasteiger partial charge in [0.05, 0.1) is 7.11 Å². The zero-order valence-corrected chi connectivity index (χ0v) is 14.2. The summed E-state index contributed by atoms with van der Waals surface area (Å²) >= 11 is 0. The number of benzene rings is 1. The molecule has 0 spiro atoms. The minimum absolute atomic E-state index is 0.0668. The fraction of sp³-hybridized carbons (Fsp3) is 0.533. The van der Waals surface area contributed by atoms with E-state index in [1.807, 2.05) is 0 Å². The van der Waals surface area contributed by atoms with Crippen LogP contribution in [-0.2, 0) is 19.6 Å². The summed E-state index contributed by atoms with van der Waals surface area (Å²) in [6, 6.07) is 4.57. The molecule has 8 heteroatoms. The first-order valence-electron chi connectivity index (χ1n) is 7.46. The maximum atomic E-state index is 12.8. The largest absolute Gasteiger partial charge is 0.495 e. The Morgan fingerprint density at radius 3 is 2.52 bits per heavy atom. The topological polar surface area (TPSA) is 84.9 Å². The molecule has 0 aromatic heterocycles. The van der Waals surface area contributed by atoms with Crippen molar-refractivity contribution in [1.82, 2.24) is 4.31 Å². The van der Waals surface area contributed by atoms with Crippen LogP contribution in [-0.4, -0.2) is 52.5 Å². The third-order valence-electron chi connectivity index (χ3n) is 3.66. The first-order chi connectivity index (χ1) is 11.0. The molecule has 1 aromatic rings. The van der Waals surface area contributed by atoms with Crippen LogP contribution >= 0.6 is 0 Å². The van der Waals surface area contributed by atoms with Crippen LogP contribution in [0, 0.1) is 0 Å². The molecule has 1 aliphatic rings. The zero-order chi connectivity index (χ0) is 16.9. The molecule has 7 nitrogen and oxygen atoms in total. The third-order valence-corrected chi connectivity index (χ3v) is 5.58. The molecule has 1 fully saturated rings. The van der Waals surface area contributed by atoms with Gasteiger partial charge in [-0.05, 0) is 31.0 Å². The number of methoxy groups -OCH3 is 2. The summed E-state index contributed by atoms with van der Waals surface area (Å²) < 4.78 is 37.1. The number of rotatable bonds is 6. The van der Waals surface area contributed by atoms with Crippen LogP contribution in [0.2, 0.25) is 0 Å². The Hall–Kier alpha value is -1.64. The highest BCUT2D eigenvalue weighted by Gasteiger charge is 2.29. The average molecular weight is 342 g/mol. The molecule has 1 amide bonds. The van der Waals surface area contributed by atoms with Crippen LogP contribution in [0.3, 0.4) is 0 Å². The number of hydrogen-bond donors (Lipinski definition) is 1. The highest BCUT2D eigenvalue weighted by molar-refractivity contribution is 7.89. The Morgan fingerprint density at radius 1 is 1.22 bits per heavy atom. The number of ether oxygens (including phenoxy) is 2. The SMILES string of the molecule is COCC(=O)Nc1ccc(OC)c(S(=O)(=O)N2CCCCC2)c1. The molecule has 0 aliphatic carbocycles. The number of amides is 1. The van der Waals surface area contributed by atoms with Crippen molar-refractivity contribution in [3.63, 3.8) is 0 Å². The molecule has 1 aromatic carbocycles. The van der Waals surface area contributed by atoms with Gasteiger partial charge in [-0.25, -0.2) is 8.42 Å². The summed E-state index contributed by atoms with van der Waals surface area (Å²) in [6.07, 6.45) is 2.74. The van der Waals surface area contributed by atoms with Gasteiger partial charge in [0, 0.05) is 25.9 Å². The number of carbonyl (C=O) groups is 1. The summed E-state index contributed by atoms with van der Waals surface area (Å²) in [5, 5.41) is 2.61. The molecule has 23 heavy (non-hydrogen) atoms. The molecule has 0 atom stereocenters. The van der Waals surface area contributed by atoms with E-state index >= 15 is 0 Å². The lowest BCUT2D eigenvalue weighted by atomic mass is 10.2. The van der Waals surface area contributed by atoms with E-state index in [-0.39, 0.29) is 23.2 Å². The molecule has 0 unspecified atom stereocenters. The predicted octanol–water partition coefficient (Wildman–Crippen LogP) is 1.45. The smallest absolute Gasteiger partial charge is 0.250 e. The van der Waals surface area contributed by atoms with E-state index in [0.717, 1.165) is 19.3 Å². The molecule has 0 saturated carbocycles. The van der Waals surface area contributed by atoms with E-state index in [1.54, 1.807) is 12.1 Å². The molecule has 128 valence electrons. The number of nitrogens with zero attached hydrogens (tertiary/aromatic N) is 1. The summed E-state index contributed by atoms with van der Waals surface area (Å²) in [7, 11) is -0.809. The number of hydrogen-bond acceptors (Lipinski definition) is 5. The number of piperidine rings is 1. The second kappa shape index (κ2) is 7.76. The van der Waals surface area contributed by atoms with Gasteiger partial charge in [0.1, 0.15) is 17.3 Å². The molecule has 0 radical (unpaired) electrons. The van der Waals surface area contributed by atoms with Gasteiger partial charge in [-0.1, -0.05) is 6.42 Å². The maximum absolute atomic E-state index is 12.8. The first-order valence-corrected chi connectivity index (χ1v) is 8.90. The fourth-order valence-electron chi connectivity index (χ4n) is 2.53. The van der Waals surface area contributed by atoms with Gasteiger partial charge in [0.2, 0.25) is 15.9 Å². The van der Waals surface area contributed by atoms with Gasteiger partial charge < -0.3 is 14.8 Å². The molecule has 1 saturated heterocycles. The van der Waals surface area contributed by atoms with Crippen molar-refractivity contribution < 1.29 is 22.7 Å². The first kappa shape index (κ1) is 17.7. The summed E-state index contributed by atoms with van der Waals surface area (Å²) in [4.78, 5) is 11.7. The average Bonchev–Trinajstić information content (AvgIpc) is 2.56. The van der Waals surface area contributed by atoms with Crippen molar-refractivity contribution in [1.29, 1.82) is 0 Å². The minimum Gasteiger partial charge on any atom is -0.495 e. The Bertz CT molecular complexity index is 654. The number of carbonyl (C=O) groups excluding carboxylic acids is 1. The van der Waals surface area contributed by atoms with E-state index in [1.165, 1.54) is 24.6 Å². The number of anilines is 1. The van der Waals surface area contributed by atoms with Gasteiger partial charge in [0.25, 0.3) is 0 Å². The van der Waals surface area contributed by atoms with Gasteiger partial charge in [0.15, 0.2) is 0 Å². The van der Waals surface area contributed by atoms with Gasteiger partial charge in [-0.2, -0.15) is 4.31 Å². The third kappa shape index (κ3) is 4.21. The molecular weight excluding hydrogens is 320 g/mol. The van der Waals surface area contributed by atoms with E-state index in [9.17, 15) is 13.2 Å². The van der Waals surface area contributed by atoms with Crippen LogP contribution in [0.5, 0.6) is 5.75 Å². The number of nitrogens with one attached hydrogen (secondary N) is 1. The van der Waals surface area contributed by atoms with Crippen molar-refractivity contribution in [2.45, 2.75) is 24.2 Å². The second-order valence-corrected chi connectivity index (χ2v) is 7.22. The lowest BCUT2D eigenvalue weighted by Gasteiger charge is -2.26. The lowest BCUT2D eigenvalue weighted by molar-refractivity contribution is -0.119. The van der Waals surface area contributed by atoms with Crippen molar-refractivity contribution in [2.24, 2.45) is 0 Å². The lowest BCUT2D eigenvalue weighted by Crippen LogP contribution is -2.35. The molecule has 0 bridgehead atoms. The summed E-state index contributed by atoms with van der Waals surface area (Å²) in [5.41, 5.74) is 0.392. The maximum Gasteiger partial charge on any atom is 0.250 e. The summed E-state index contributed by atoms with van der Waals surface area (Å²) in [6.45, 7) is 0.914. The van der Waals surface area contributed by atoms with Crippen molar-refractivity contribution >= 4 is 21.6 Å². The number of sulfonamides is 1. The Morgan fingerprint density at radius 2 is 1.91 bits per heavy atom. The Balaban J connectivity index is 2.33. The monoisotopic (exact) mass is 342 g/mol. The summed E-state index contributed by atoms with van der Waals surface area (Å²) in [5.74, 6) is -0.0840. The van der Waals surface area contributed by atoms with Crippen LogP contribution in [0.4, 0.5) is 5.69 Å². The molecule has 1 heterocycles. The molecule has 1 aliphatic heterocycles. The van der Waals surface area contributed by atoms with E-state index in [4.69, 9.17) is 9.47 Å².